The first-order valence-electron chi connectivity index (χ1n) is 6.12. The highest BCUT2D eigenvalue weighted by molar-refractivity contribution is 9.10. The molecule has 4 nitrogen and oxygen atoms in total. The van der Waals surface area contributed by atoms with Gasteiger partial charge in [0.2, 0.25) is 5.90 Å². The van der Waals surface area contributed by atoms with Gasteiger partial charge in [-0.15, -0.1) is 0 Å². The molecule has 1 atom stereocenters. The Balaban J connectivity index is 2.08. The van der Waals surface area contributed by atoms with Crippen LogP contribution in [0.2, 0.25) is 0 Å². The number of halogens is 1. The average molecular weight is 322 g/mol. The van der Waals surface area contributed by atoms with Gasteiger partial charge in [-0.1, -0.05) is 33.2 Å². The van der Waals surface area contributed by atoms with Crippen LogP contribution in [-0.4, -0.2) is 16.9 Å². The minimum absolute atomic E-state index is 0.0906. The molecule has 0 radical (unpaired) electrons. The van der Waals surface area contributed by atoms with Crippen LogP contribution in [0.15, 0.2) is 45.2 Å². The standard InChI is InChI=1S/C14H12BrNO3/c15-9-6-4-8(5-7-9)12-13-10(17)2-1-3-11(13)19-14(12)16-18/h4-7,12,18H,1-3H2. The predicted octanol–water partition coefficient (Wildman–Crippen LogP) is 3.36. The Hall–Kier alpha value is -1.62. The Bertz CT molecular complexity index is 589. The Labute approximate surface area is 118 Å². The lowest BCUT2D eigenvalue weighted by Gasteiger charge is -2.14. The van der Waals surface area contributed by atoms with E-state index in [0.29, 0.717) is 17.8 Å². The number of ether oxygens (including phenoxy) is 1. The van der Waals surface area contributed by atoms with Gasteiger partial charge in [-0.3, -0.25) is 4.79 Å². The summed E-state index contributed by atoms with van der Waals surface area (Å²) in [6.07, 6.45) is 2.06. The van der Waals surface area contributed by atoms with Gasteiger partial charge in [0.15, 0.2) is 5.78 Å². The normalized spacial score (nSPS) is 24.6. The van der Waals surface area contributed by atoms with E-state index >= 15 is 0 Å². The van der Waals surface area contributed by atoms with Crippen LogP contribution in [0, 0.1) is 0 Å². The Morgan fingerprint density at radius 3 is 2.68 bits per heavy atom. The molecule has 0 saturated carbocycles. The van der Waals surface area contributed by atoms with Crippen LogP contribution >= 0.6 is 15.9 Å². The molecule has 0 bridgehead atoms. The average Bonchev–Trinajstić information content (AvgIpc) is 2.80. The molecule has 3 rings (SSSR count). The molecule has 0 spiro atoms. The summed E-state index contributed by atoms with van der Waals surface area (Å²) in [5.74, 6) is 0.577. The zero-order valence-electron chi connectivity index (χ0n) is 10.1. The van der Waals surface area contributed by atoms with E-state index in [-0.39, 0.29) is 17.6 Å². The van der Waals surface area contributed by atoms with E-state index in [0.717, 1.165) is 22.9 Å². The number of rotatable bonds is 1. The zero-order chi connectivity index (χ0) is 13.4. The van der Waals surface area contributed by atoms with E-state index in [1.165, 1.54) is 0 Å². The second kappa shape index (κ2) is 4.81. The van der Waals surface area contributed by atoms with E-state index < -0.39 is 0 Å². The molecule has 98 valence electrons. The number of hydrogen-bond donors (Lipinski definition) is 1. The van der Waals surface area contributed by atoms with Gasteiger partial charge in [-0.2, -0.15) is 0 Å². The predicted molar refractivity (Wildman–Crippen MR) is 73.1 cm³/mol. The second-order valence-corrected chi connectivity index (χ2v) is 5.55. The third kappa shape index (κ3) is 2.08. The van der Waals surface area contributed by atoms with E-state index in [1.54, 1.807) is 0 Å². The molecule has 0 fully saturated rings. The maximum atomic E-state index is 12.1. The van der Waals surface area contributed by atoms with E-state index in [1.807, 2.05) is 24.3 Å². The number of ketones is 1. The van der Waals surface area contributed by atoms with Crippen molar-refractivity contribution in [3.8, 4) is 0 Å². The van der Waals surface area contributed by atoms with Crippen LogP contribution in [0.3, 0.4) is 0 Å². The fourth-order valence-corrected chi connectivity index (χ4v) is 2.88. The molecule has 0 saturated heterocycles. The molecule has 1 aliphatic heterocycles. The number of oxime groups is 1. The Morgan fingerprint density at radius 1 is 1.26 bits per heavy atom. The van der Waals surface area contributed by atoms with Crippen molar-refractivity contribution in [3.63, 3.8) is 0 Å². The lowest BCUT2D eigenvalue weighted by Crippen LogP contribution is -2.16. The highest BCUT2D eigenvalue weighted by Gasteiger charge is 2.40. The SMILES string of the molecule is O=C1CCCC2=C1C(c1ccc(Br)cc1)C(=NO)O2. The van der Waals surface area contributed by atoms with Crippen LogP contribution in [-0.2, 0) is 9.53 Å². The van der Waals surface area contributed by atoms with E-state index in [4.69, 9.17) is 9.94 Å². The highest BCUT2D eigenvalue weighted by atomic mass is 79.9. The summed E-state index contributed by atoms with van der Waals surface area (Å²) in [6.45, 7) is 0. The van der Waals surface area contributed by atoms with Gasteiger partial charge in [0, 0.05) is 17.3 Å². The first kappa shape index (κ1) is 12.4. The maximum absolute atomic E-state index is 12.1. The minimum Gasteiger partial charge on any atom is -0.443 e. The molecule has 1 heterocycles. The molecular weight excluding hydrogens is 310 g/mol. The van der Waals surface area contributed by atoms with Gasteiger partial charge in [0.1, 0.15) is 5.76 Å². The largest absolute Gasteiger partial charge is 0.443 e. The van der Waals surface area contributed by atoms with Crippen LogP contribution in [0.25, 0.3) is 0 Å². The van der Waals surface area contributed by atoms with Crippen molar-refractivity contribution >= 4 is 27.6 Å². The number of nitrogens with zero attached hydrogens (tertiary/aromatic N) is 1. The van der Waals surface area contributed by atoms with E-state index in [2.05, 4.69) is 21.1 Å². The molecule has 1 unspecified atom stereocenters. The quantitative estimate of drug-likeness (QED) is 0.637. The van der Waals surface area contributed by atoms with Crippen molar-refractivity contribution in [1.82, 2.24) is 0 Å². The van der Waals surface area contributed by atoms with Gasteiger partial charge >= 0.3 is 0 Å². The molecule has 1 aromatic rings. The van der Waals surface area contributed by atoms with Gasteiger partial charge in [-0.05, 0) is 24.1 Å². The third-order valence-electron chi connectivity index (χ3n) is 3.47. The summed E-state index contributed by atoms with van der Waals surface area (Å²) < 4.78 is 6.49. The van der Waals surface area contributed by atoms with Crippen LogP contribution < -0.4 is 0 Å². The van der Waals surface area contributed by atoms with Crippen LogP contribution in [0.1, 0.15) is 30.7 Å². The van der Waals surface area contributed by atoms with Crippen molar-refractivity contribution in [2.45, 2.75) is 25.2 Å². The van der Waals surface area contributed by atoms with Crippen molar-refractivity contribution in [2.24, 2.45) is 5.16 Å². The summed E-state index contributed by atoms with van der Waals surface area (Å²) in [4.78, 5) is 12.1. The number of Topliss-reactive ketones (excluding diaryl/α,β-unsaturated/α-hetero) is 1. The summed E-state index contributed by atoms with van der Waals surface area (Å²) in [7, 11) is 0. The lowest BCUT2D eigenvalue weighted by molar-refractivity contribution is -0.116. The van der Waals surface area contributed by atoms with Crippen LogP contribution in [0.5, 0.6) is 0 Å². The Kier molecular flexibility index (Phi) is 3.14. The Morgan fingerprint density at radius 2 is 2.00 bits per heavy atom. The fraction of sp³-hybridized carbons (Fsp3) is 0.286. The summed E-state index contributed by atoms with van der Waals surface area (Å²) in [5.41, 5.74) is 1.55. The molecule has 1 N–H and O–H groups in total. The molecule has 5 heteroatoms. The number of hydrogen-bond acceptors (Lipinski definition) is 4. The van der Waals surface area contributed by atoms with Gasteiger partial charge in [-0.25, -0.2) is 0 Å². The molecule has 2 aliphatic rings. The number of benzene rings is 1. The minimum atomic E-state index is -0.374. The highest BCUT2D eigenvalue weighted by Crippen LogP contribution is 2.41. The van der Waals surface area contributed by atoms with Crippen molar-refractivity contribution in [2.75, 3.05) is 0 Å². The van der Waals surface area contributed by atoms with Crippen LogP contribution in [0.4, 0.5) is 0 Å². The van der Waals surface area contributed by atoms with Gasteiger partial charge in [0.25, 0.3) is 0 Å². The molecular formula is C14H12BrNO3. The lowest BCUT2D eigenvalue weighted by atomic mass is 9.84. The van der Waals surface area contributed by atoms with Crippen molar-refractivity contribution in [1.29, 1.82) is 0 Å². The number of allylic oxidation sites excluding steroid dienone is 1. The van der Waals surface area contributed by atoms with Gasteiger partial charge in [0.05, 0.1) is 11.5 Å². The molecule has 1 aromatic carbocycles. The monoisotopic (exact) mass is 321 g/mol. The zero-order valence-corrected chi connectivity index (χ0v) is 11.7. The second-order valence-electron chi connectivity index (χ2n) is 4.64. The fourth-order valence-electron chi connectivity index (χ4n) is 2.61. The first-order chi connectivity index (χ1) is 9.20. The molecule has 19 heavy (non-hydrogen) atoms. The third-order valence-corrected chi connectivity index (χ3v) is 4.00. The molecule has 0 amide bonds. The summed E-state index contributed by atoms with van der Waals surface area (Å²) in [5, 5.41) is 12.3. The first-order valence-corrected chi connectivity index (χ1v) is 6.91. The summed E-state index contributed by atoms with van der Waals surface area (Å²) >= 11 is 3.38. The molecule has 1 aliphatic carbocycles. The van der Waals surface area contributed by atoms with Crippen molar-refractivity contribution < 1.29 is 14.7 Å². The topological polar surface area (TPSA) is 58.9 Å². The van der Waals surface area contributed by atoms with Gasteiger partial charge < -0.3 is 9.94 Å². The maximum Gasteiger partial charge on any atom is 0.242 e. The number of carbonyl (C=O) groups excluding carboxylic acids is 1. The van der Waals surface area contributed by atoms with E-state index in [9.17, 15) is 4.79 Å². The van der Waals surface area contributed by atoms with Crippen molar-refractivity contribution in [3.05, 3.63) is 45.6 Å². The summed E-state index contributed by atoms with van der Waals surface area (Å²) in [6, 6.07) is 7.61. The smallest absolute Gasteiger partial charge is 0.242 e. The molecule has 0 aromatic heterocycles. The number of carbonyl (C=O) groups is 1.